The van der Waals surface area contributed by atoms with Gasteiger partial charge in [-0.1, -0.05) is 72.8 Å². The second-order valence-electron chi connectivity index (χ2n) is 6.55. The van der Waals surface area contributed by atoms with Crippen molar-refractivity contribution in [3.8, 4) is 11.1 Å². The minimum absolute atomic E-state index is 0.234. The fourth-order valence-corrected chi connectivity index (χ4v) is 3.49. The maximum Gasteiger partial charge on any atom is 0.342 e. The van der Waals surface area contributed by atoms with Crippen molar-refractivity contribution in [2.45, 2.75) is 20.5 Å². The highest BCUT2D eigenvalue weighted by atomic mass is 16.5. The average Bonchev–Trinajstić information content (AvgIpc) is 3.00. The van der Waals surface area contributed by atoms with E-state index in [1.807, 2.05) is 61.5 Å². The number of benzene rings is 3. The Balaban J connectivity index is 1.75. The minimum Gasteiger partial charge on any atom is -0.465 e. The molecule has 0 N–H and O–H groups in total. The Kier molecular flexibility index (Phi) is 4.51. The van der Waals surface area contributed by atoms with E-state index in [1.54, 1.807) is 6.92 Å². The Morgan fingerprint density at radius 1 is 0.852 bits per heavy atom. The Hall–Kier alpha value is -3.33. The molecule has 0 radical (unpaired) electrons. The van der Waals surface area contributed by atoms with Gasteiger partial charge in [0.15, 0.2) is 0 Å². The standard InChI is InChI=1S/C24H20O3/c1-16-22(21-14-8-12-19-11-6-7-13-20(19)21)23(17(2)27-16)24(25)26-15-18-9-4-3-5-10-18/h3-14H,15H2,1-2H3. The van der Waals surface area contributed by atoms with E-state index < -0.39 is 0 Å². The maximum atomic E-state index is 12.9. The van der Waals surface area contributed by atoms with Gasteiger partial charge in [0.05, 0.1) is 0 Å². The van der Waals surface area contributed by atoms with E-state index >= 15 is 0 Å². The summed E-state index contributed by atoms with van der Waals surface area (Å²) in [6, 6.07) is 23.9. The fourth-order valence-electron chi connectivity index (χ4n) is 3.49. The molecule has 0 aliphatic rings. The van der Waals surface area contributed by atoms with Crippen molar-refractivity contribution in [3.05, 3.63) is 95.4 Å². The molecule has 0 aliphatic carbocycles. The van der Waals surface area contributed by atoms with Crippen LogP contribution in [0.4, 0.5) is 0 Å². The molecular weight excluding hydrogens is 336 g/mol. The van der Waals surface area contributed by atoms with E-state index in [4.69, 9.17) is 9.15 Å². The first-order valence-corrected chi connectivity index (χ1v) is 8.94. The summed E-state index contributed by atoms with van der Waals surface area (Å²) in [5.74, 6) is 0.931. The van der Waals surface area contributed by atoms with Crippen LogP contribution in [0.5, 0.6) is 0 Å². The van der Waals surface area contributed by atoms with Gasteiger partial charge in [0.2, 0.25) is 0 Å². The summed E-state index contributed by atoms with van der Waals surface area (Å²) in [4.78, 5) is 12.9. The van der Waals surface area contributed by atoms with Gasteiger partial charge in [-0.05, 0) is 35.7 Å². The van der Waals surface area contributed by atoms with Crippen LogP contribution in [-0.4, -0.2) is 5.97 Å². The lowest BCUT2D eigenvalue weighted by atomic mass is 9.95. The lowest BCUT2D eigenvalue weighted by molar-refractivity contribution is 0.0471. The third-order valence-corrected chi connectivity index (χ3v) is 4.74. The molecule has 0 fully saturated rings. The van der Waals surface area contributed by atoms with Crippen LogP contribution in [0.3, 0.4) is 0 Å². The number of ether oxygens (including phenoxy) is 1. The van der Waals surface area contributed by atoms with Gasteiger partial charge < -0.3 is 9.15 Å². The smallest absolute Gasteiger partial charge is 0.342 e. The highest BCUT2D eigenvalue weighted by Gasteiger charge is 2.25. The molecule has 27 heavy (non-hydrogen) atoms. The maximum absolute atomic E-state index is 12.9. The molecule has 3 nitrogen and oxygen atoms in total. The molecule has 0 spiro atoms. The highest BCUT2D eigenvalue weighted by molar-refractivity contribution is 6.05. The number of carbonyl (C=O) groups is 1. The van der Waals surface area contributed by atoms with Crippen molar-refractivity contribution in [1.29, 1.82) is 0 Å². The number of carbonyl (C=O) groups excluding carboxylic acids is 1. The van der Waals surface area contributed by atoms with Crippen molar-refractivity contribution < 1.29 is 13.9 Å². The van der Waals surface area contributed by atoms with Crippen molar-refractivity contribution >= 4 is 16.7 Å². The second kappa shape index (κ2) is 7.12. The van der Waals surface area contributed by atoms with Gasteiger partial charge in [0.1, 0.15) is 23.7 Å². The summed E-state index contributed by atoms with van der Waals surface area (Å²) in [7, 11) is 0. The van der Waals surface area contributed by atoms with Gasteiger partial charge in [0, 0.05) is 5.56 Å². The zero-order chi connectivity index (χ0) is 18.8. The molecule has 0 saturated carbocycles. The quantitative estimate of drug-likeness (QED) is 0.416. The van der Waals surface area contributed by atoms with Crippen molar-refractivity contribution in [3.63, 3.8) is 0 Å². The van der Waals surface area contributed by atoms with Crippen molar-refractivity contribution in [2.24, 2.45) is 0 Å². The number of hydrogen-bond acceptors (Lipinski definition) is 3. The predicted octanol–water partition coefficient (Wildman–Crippen LogP) is 6.07. The lowest BCUT2D eigenvalue weighted by Crippen LogP contribution is -2.07. The first kappa shape index (κ1) is 17.1. The molecule has 1 aromatic heterocycles. The van der Waals surface area contributed by atoms with Gasteiger partial charge >= 0.3 is 5.97 Å². The summed E-state index contributed by atoms with van der Waals surface area (Å²) in [6.45, 7) is 3.93. The normalized spacial score (nSPS) is 10.9. The first-order valence-electron chi connectivity index (χ1n) is 8.94. The fraction of sp³-hybridized carbons (Fsp3) is 0.125. The largest absolute Gasteiger partial charge is 0.465 e. The Morgan fingerprint density at radius 3 is 2.37 bits per heavy atom. The van der Waals surface area contributed by atoms with Crippen molar-refractivity contribution in [1.82, 2.24) is 0 Å². The van der Waals surface area contributed by atoms with E-state index in [0.717, 1.165) is 33.2 Å². The van der Waals surface area contributed by atoms with Crippen LogP contribution in [-0.2, 0) is 11.3 Å². The average molecular weight is 356 g/mol. The number of fused-ring (bicyclic) bond motifs is 1. The molecule has 4 rings (SSSR count). The van der Waals surface area contributed by atoms with Crippen LogP contribution in [0.15, 0.2) is 77.2 Å². The number of hydrogen-bond donors (Lipinski definition) is 0. The summed E-state index contributed by atoms with van der Waals surface area (Å²) in [5, 5.41) is 2.21. The third-order valence-electron chi connectivity index (χ3n) is 4.74. The summed E-state index contributed by atoms with van der Waals surface area (Å²) >= 11 is 0. The van der Waals surface area contributed by atoms with Gasteiger partial charge in [0.25, 0.3) is 0 Å². The topological polar surface area (TPSA) is 39.4 Å². The lowest BCUT2D eigenvalue weighted by Gasteiger charge is -2.09. The first-order chi connectivity index (χ1) is 13.1. The van der Waals surface area contributed by atoms with E-state index in [9.17, 15) is 4.79 Å². The van der Waals surface area contributed by atoms with Crippen LogP contribution < -0.4 is 0 Å². The third kappa shape index (κ3) is 3.24. The molecule has 0 amide bonds. The zero-order valence-electron chi connectivity index (χ0n) is 15.4. The SMILES string of the molecule is Cc1oc(C)c(-c2cccc3ccccc23)c1C(=O)OCc1ccccc1. The van der Waals surface area contributed by atoms with Gasteiger partial charge in [-0.2, -0.15) is 0 Å². The molecule has 1 heterocycles. The van der Waals surface area contributed by atoms with Gasteiger partial charge in [-0.3, -0.25) is 0 Å². The molecule has 0 unspecified atom stereocenters. The number of esters is 1. The van der Waals surface area contributed by atoms with Crippen LogP contribution >= 0.6 is 0 Å². The number of rotatable bonds is 4. The number of furan rings is 1. The number of aryl methyl sites for hydroxylation is 2. The predicted molar refractivity (Wildman–Crippen MR) is 107 cm³/mol. The van der Waals surface area contributed by atoms with E-state index in [0.29, 0.717) is 11.3 Å². The van der Waals surface area contributed by atoms with Gasteiger partial charge in [-0.15, -0.1) is 0 Å². The van der Waals surface area contributed by atoms with Crippen LogP contribution in [0.1, 0.15) is 27.4 Å². The van der Waals surface area contributed by atoms with Crippen LogP contribution in [0, 0.1) is 13.8 Å². The van der Waals surface area contributed by atoms with Crippen molar-refractivity contribution in [2.75, 3.05) is 0 Å². The summed E-state index contributed by atoms with van der Waals surface area (Å²) in [5.41, 5.74) is 3.24. The van der Waals surface area contributed by atoms with Crippen LogP contribution in [0.2, 0.25) is 0 Å². The minimum atomic E-state index is -0.365. The monoisotopic (exact) mass is 356 g/mol. The van der Waals surface area contributed by atoms with E-state index in [-0.39, 0.29) is 12.6 Å². The van der Waals surface area contributed by atoms with Gasteiger partial charge in [-0.25, -0.2) is 4.79 Å². The Bertz CT molecular complexity index is 1100. The van der Waals surface area contributed by atoms with E-state index in [2.05, 4.69) is 18.2 Å². The molecule has 3 aromatic carbocycles. The molecular formula is C24H20O3. The molecule has 0 aliphatic heterocycles. The highest BCUT2D eigenvalue weighted by Crippen LogP contribution is 2.37. The molecule has 0 bridgehead atoms. The zero-order valence-corrected chi connectivity index (χ0v) is 15.4. The summed E-state index contributed by atoms with van der Waals surface area (Å²) in [6.07, 6.45) is 0. The van der Waals surface area contributed by atoms with Crippen LogP contribution in [0.25, 0.3) is 21.9 Å². The molecule has 0 saturated heterocycles. The van der Waals surface area contributed by atoms with E-state index in [1.165, 1.54) is 0 Å². The second-order valence-corrected chi connectivity index (χ2v) is 6.55. The molecule has 4 aromatic rings. The molecule has 3 heteroatoms. The molecule has 134 valence electrons. The Morgan fingerprint density at radius 2 is 1.56 bits per heavy atom. The summed E-state index contributed by atoms with van der Waals surface area (Å²) < 4.78 is 11.4. The Labute approximate surface area is 158 Å². The molecule has 0 atom stereocenters.